The van der Waals surface area contributed by atoms with Crippen LogP contribution in [0.15, 0.2) is 42.6 Å². The van der Waals surface area contributed by atoms with Crippen molar-refractivity contribution in [3.8, 4) is 16.9 Å². The van der Waals surface area contributed by atoms with Crippen LogP contribution in [-0.4, -0.2) is 69.1 Å². The molecule has 1 aliphatic heterocycles. The molecule has 6 nitrogen and oxygen atoms in total. The van der Waals surface area contributed by atoms with E-state index >= 15 is 0 Å². The standard InChI is InChI=1S/C20H24N2O4.CH5P/c1-24-20(23)14-18-5-2-17(15-21-18)16-3-6-19(7-4-16)26-13-10-22-8-11-25-12-9-22;1-2/h2-7,15H,8-14H2,1H3;2H2,1H3. The summed E-state index contributed by atoms with van der Waals surface area (Å²) < 4.78 is 15.8. The Hall–Kier alpha value is -2.01. The predicted octanol–water partition coefficient (Wildman–Crippen LogP) is 2.67. The largest absolute Gasteiger partial charge is 0.492 e. The predicted molar refractivity (Wildman–Crippen MR) is 114 cm³/mol. The van der Waals surface area contributed by atoms with E-state index in [9.17, 15) is 4.79 Å². The van der Waals surface area contributed by atoms with E-state index in [0.717, 1.165) is 49.7 Å². The zero-order chi connectivity index (χ0) is 20.2. The summed E-state index contributed by atoms with van der Waals surface area (Å²) in [5, 5.41) is 0. The third-order valence-electron chi connectivity index (χ3n) is 4.35. The lowest BCUT2D eigenvalue weighted by Crippen LogP contribution is -2.38. The first-order chi connectivity index (χ1) is 13.7. The first-order valence-electron chi connectivity index (χ1n) is 9.37. The van der Waals surface area contributed by atoms with Gasteiger partial charge in [-0.15, -0.1) is 9.24 Å². The van der Waals surface area contributed by atoms with Crippen LogP contribution in [0.25, 0.3) is 11.1 Å². The molecule has 1 aliphatic rings. The Morgan fingerprint density at radius 2 is 1.79 bits per heavy atom. The van der Waals surface area contributed by atoms with Crippen LogP contribution in [0.3, 0.4) is 0 Å². The summed E-state index contributed by atoms with van der Waals surface area (Å²) in [4.78, 5) is 17.9. The van der Waals surface area contributed by atoms with Crippen molar-refractivity contribution in [1.82, 2.24) is 9.88 Å². The van der Waals surface area contributed by atoms with Crippen LogP contribution in [0.1, 0.15) is 5.69 Å². The van der Waals surface area contributed by atoms with E-state index in [0.29, 0.717) is 12.3 Å². The number of carbonyl (C=O) groups is 1. The quantitative estimate of drug-likeness (QED) is 0.522. The number of hydrogen-bond donors (Lipinski definition) is 0. The average molecular weight is 404 g/mol. The van der Waals surface area contributed by atoms with Crippen molar-refractivity contribution < 1.29 is 19.0 Å². The number of ether oxygens (including phenoxy) is 3. The topological polar surface area (TPSA) is 60.9 Å². The molecule has 2 heterocycles. The number of morpholine rings is 1. The second kappa shape index (κ2) is 12.4. The van der Waals surface area contributed by atoms with Crippen molar-refractivity contribution in [3.63, 3.8) is 0 Å². The van der Waals surface area contributed by atoms with E-state index in [1.54, 1.807) is 6.20 Å². The van der Waals surface area contributed by atoms with Gasteiger partial charge in [0.2, 0.25) is 0 Å². The molecule has 1 aromatic heterocycles. The minimum atomic E-state index is -0.288. The molecule has 28 heavy (non-hydrogen) atoms. The number of nitrogens with zero attached hydrogens (tertiary/aromatic N) is 2. The fourth-order valence-electron chi connectivity index (χ4n) is 2.78. The monoisotopic (exact) mass is 404 g/mol. The molecule has 1 unspecified atom stereocenters. The van der Waals surface area contributed by atoms with Gasteiger partial charge in [-0.25, -0.2) is 0 Å². The van der Waals surface area contributed by atoms with Gasteiger partial charge < -0.3 is 14.2 Å². The summed E-state index contributed by atoms with van der Waals surface area (Å²) in [6, 6.07) is 11.8. The maximum absolute atomic E-state index is 11.3. The molecule has 0 bridgehead atoms. The Bertz CT molecular complexity index is 701. The fraction of sp³-hybridized carbons (Fsp3) is 0.429. The zero-order valence-electron chi connectivity index (χ0n) is 16.6. The van der Waals surface area contributed by atoms with E-state index < -0.39 is 0 Å². The third-order valence-corrected chi connectivity index (χ3v) is 4.35. The van der Waals surface area contributed by atoms with Gasteiger partial charge in [-0.1, -0.05) is 24.9 Å². The van der Waals surface area contributed by atoms with E-state index in [1.165, 1.54) is 7.11 Å². The lowest BCUT2D eigenvalue weighted by molar-refractivity contribution is -0.139. The van der Waals surface area contributed by atoms with E-state index in [2.05, 4.69) is 23.9 Å². The number of aromatic nitrogens is 1. The van der Waals surface area contributed by atoms with Crippen molar-refractivity contribution in [2.45, 2.75) is 6.42 Å². The van der Waals surface area contributed by atoms with Crippen LogP contribution in [0.2, 0.25) is 0 Å². The molecule has 0 N–H and O–H groups in total. The summed E-state index contributed by atoms with van der Waals surface area (Å²) in [5.41, 5.74) is 2.75. The first kappa shape index (κ1) is 22.3. The van der Waals surface area contributed by atoms with Gasteiger partial charge in [0.1, 0.15) is 12.4 Å². The molecular formula is C21H29N2O4P. The number of carbonyl (C=O) groups excluding carboxylic acids is 1. The maximum atomic E-state index is 11.3. The molecule has 1 saturated heterocycles. The molecular weight excluding hydrogens is 375 g/mol. The van der Waals surface area contributed by atoms with E-state index in [4.69, 9.17) is 9.47 Å². The molecule has 1 aromatic carbocycles. The second-order valence-electron chi connectivity index (χ2n) is 6.12. The number of methoxy groups -OCH3 is 1. The van der Waals surface area contributed by atoms with Gasteiger partial charge in [0, 0.05) is 31.4 Å². The number of rotatable bonds is 7. The molecule has 1 atom stereocenters. The number of esters is 1. The number of benzene rings is 1. The molecule has 7 heteroatoms. The second-order valence-corrected chi connectivity index (χ2v) is 6.12. The molecule has 152 valence electrons. The highest BCUT2D eigenvalue weighted by molar-refractivity contribution is 7.15. The van der Waals surface area contributed by atoms with Gasteiger partial charge in [0.25, 0.3) is 0 Å². The van der Waals surface area contributed by atoms with Gasteiger partial charge >= 0.3 is 5.97 Å². The Labute approximate surface area is 169 Å². The molecule has 0 amide bonds. The van der Waals surface area contributed by atoms with Crippen molar-refractivity contribution in [2.24, 2.45) is 0 Å². The van der Waals surface area contributed by atoms with Crippen LogP contribution < -0.4 is 4.74 Å². The highest BCUT2D eigenvalue weighted by Crippen LogP contribution is 2.22. The summed E-state index contributed by atoms with van der Waals surface area (Å²) in [6.45, 7) is 7.06. The summed E-state index contributed by atoms with van der Waals surface area (Å²) in [7, 11) is 3.79. The van der Waals surface area contributed by atoms with Gasteiger partial charge in [-0.05, 0) is 23.8 Å². The molecule has 0 saturated carbocycles. The average Bonchev–Trinajstić information content (AvgIpc) is 2.77. The lowest BCUT2D eigenvalue weighted by Gasteiger charge is -2.26. The summed E-state index contributed by atoms with van der Waals surface area (Å²) in [6.07, 6.45) is 1.96. The Morgan fingerprint density at radius 3 is 2.39 bits per heavy atom. The summed E-state index contributed by atoms with van der Waals surface area (Å²) >= 11 is 0. The van der Waals surface area contributed by atoms with Crippen LogP contribution in [-0.2, 0) is 20.7 Å². The van der Waals surface area contributed by atoms with Gasteiger partial charge in [0.15, 0.2) is 0 Å². The van der Waals surface area contributed by atoms with Crippen molar-refractivity contribution >= 4 is 15.2 Å². The Morgan fingerprint density at radius 1 is 1.11 bits per heavy atom. The number of pyridine rings is 1. The molecule has 0 spiro atoms. The van der Waals surface area contributed by atoms with Crippen molar-refractivity contribution in [1.29, 1.82) is 0 Å². The van der Waals surface area contributed by atoms with Crippen LogP contribution >= 0.6 is 9.24 Å². The Kier molecular flexibility index (Phi) is 9.91. The van der Waals surface area contributed by atoms with E-state index in [-0.39, 0.29) is 12.4 Å². The molecule has 0 aliphatic carbocycles. The third kappa shape index (κ3) is 7.19. The normalized spacial score (nSPS) is 14.0. The summed E-state index contributed by atoms with van der Waals surface area (Å²) in [5.74, 6) is 0.570. The SMILES string of the molecule is COC(=O)Cc1ccc(-c2ccc(OCCN3CCOCC3)cc2)cn1.CP. The van der Waals surface area contributed by atoms with Gasteiger partial charge in [-0.3, -0.25) is 14.7 Å². The Balaban J connectivity index is 0.00000136. The molecule has 0 radical (unpaired) electrons. The highest BCUT2D eigenvalue weighted by Gasteiger charge is 2.10. The van der Waals surface area contributed by atoms with Crippen LogP contribution in [0, 0.1) is 0 Å². The fourth-order valence-corrected chi connectivity index (χ4v) is 2.78. The lowest BCUT2D eigenvalue weighted by atomic mass is 10.1. The van der Waals surface area contributed by atoms with Gasteiger partial charge in [0.05, 0.1) is 32.4 Å². The smallest absolute Gasteiger partial charge is 0.311 e. The molecule has 2 aromatic rings. The van der Waals surface area contributed by atoms with Crippen molar-refractivity contribution in [2.75, 3.05) is 53.2 Å². The maximum Gasteiger partial charge on any atom is 0.311 e. The molecule has 3 rings (SSSR count). The molecule has 1 fully saturated rings. The van der Waals surface area contributed by atoms with Crippen LogP contribution in [0.4, 0.5) is 0 Å². The van der Waals surface area contributed by atoms with E-state index in [1.807, 2.05) is 43.1 Å². The minimum Gasteiger partial charge on any atom is -0.492 e. The highest BCUT2D eigenvalue weighted by atomic mass is 31.0. The van der Waals surface area contributed by atoms with Crippen LogP contribution in [0.5, 0.6) is 5.75 Å². The minimum absolute atomic E-state index is 0.187. The zero-order valence-corrected chi connectivity index (χ0v) is 17.8. The van der Waals surface area contributed by atoms with Gasteiger partial charge in [-0.2, -0.15) is 0 Å². The number of hydrogen-bond acceptors (Lipinski definition) is 6. The van der Waals surface area contributed by atoms with Crippen molar-refractivity contribution in [3.05, 3.63) is 48.3 Å². The first-order valence-corrected chi connectivity index (χ1v) is 10.5.